The number of carbonyl (C=O) groups is 1. The summed E-state index contributed by atoms with van der Waals surface area (Å²) in [4.78, 5) is 15.1. The summed E-state index contributed by atoms with van der Waals surface area (Å²) >= 11 is 0. The second-order valence-electron chi connectivity index (χ2n) is 5.49. The zero-order valence-corrected chi connectivity index (χ0v) is 12.2. The molecule has 0 spiro atoms. The molecule has 0 unspecified atom stereocenters. The van der Waals surface area contributed by atoms with E-state index >= 15 is 0 Å². The first kappa shape index (κ1) is 17.7. The summed E-state index contributed by atoms with van der Waals surface area (Å²) in [5, 5.41) is 4.72. The third-order valence-corrected chi connectivity index (χ3v) is 2.24. The highest BCUT2D eigenvalue weighted by Gasteiger charge is 2.33. The molecule has 0 aliphatic heterocycles. The molecule has 1 rings (SSSR count). The zero-order chi connectivity index (χ0) is 17.1. The van der Waals surface area contributed by atoms with Crippen molar-refractivity contribution in [3.63, 3.8) is 0 Å². The van der Waals surface area contributed by atoms with Gasteiger partial charge >= 0.3 is 12.2 Å². The van der Waals surface area contributed by atoms with Gasteiger partial charge in [-0.25, -0.2) is 14.2 Å². The highest BCUT2D eigenvalue weighted by Crippen LogP contribution is 2.32. The maximum absolute atomic E-state index is 13.4. The Balaban J connectivity index is 2.85. The number of nitrogens with two attached hydrogens (primary N) is 1. The van der Waals surface area contributed by atoms with Crippen molar-refractivity contribution in [2.75, 3.05) is 0 Å². The number of guanidine groups is 1. The van der Waals surface area contributed by atoms with Crippen molar-refractivity contribution < 1.29 is 22.4 Å². The van der Waals surface area contributed by atoms with E-state index in [9.17, 15) is 22.4 Å². The smallest absolute Gasteiger partial charge is 0.369 e. The molecule has 0 aliphatic rings. The van der Waals surface area contributed by atoms with Crippen LogP contribution in [0.3, 0.4) is 0 Å². The fraction of sp³-hybridized carbons (Fsp3) is 0.385. The van der Waals surface area contributed by atoms with Gasteiger partial charge in [0.25, 0.3) is 0 Å². The molecule has 0 fully saturated rings. The number of hydrogen-bond acceptors (Lipinski definition) is 2. The van der Waals surface area contributed by atoms with Crippen LogP contribution in [-0.4, -0.2) is 17.5 Å². The minimum Gasteiger partial charge on any atom is -0.369 e. The molecule has 9 heteroatoms. The number of urea groups is 1. The molecular formula is C13H16F4N4O. The van der Waals surface area contributed by atoms with Crippen molar-refractivity contribution in [1.29, 1.82) is 0 Å². The summed E-state index contributed by atoms with van der Waals surface area (Å²) < 4.78 is 50.6. The Morgan fingerprint density at radius 1 is 1.23 bits per heavy atom. The van der Waals surface area contributed by atoms with E-state index in [1.807, 2.05) is 0 Å². The lowest BCUT2D eigenvalue weighted by molar-refractivity contribution is -0.139. The lowest BCUT2D eigenvalue weighted by atomic mass is 10.1. The molecule has 0 saturated heterocycles. The van der Waals surface area contributed by atoms with E-state index in [0.29, 0.717) is 12.1 Å². The van der Waals surface area contributed by atoms with Gasteiger partial charge in [-0.2, -0.15) is 13.2 Å². The van der Waals surface area contributed by atoms with E-state index < -0.39 is 29.1 Å². The number of nitrogens with zero attached hydrogens (tertiary/aromatic N) is 1. The van der Waals surface area contributed by atoms with Gasteiger partial charge in [0.05, 0.1) is 11.3 Å². The van der Waals surface area contributed by atoms with Crippen molar-refractivity contribution in [2.45, 2.75) is 32.5 Å². The maximum Gasteiger partial charge on any atom is 0.419 e. The van der Waals surface area contributed by atoms with Crippen molar-refractivity contribution in [2.24, 2.45) is 10.7 Å². The first-order chi connectivity index (χ1) is 9.88. The molecule has 22 heavy (non-hydrogen) atoms. The molecule has 0 saturated carbocycles. The van der Waals surface area contributed by atoms with Crippen LogP contribution >= 0.6 is 0 Å². The number of halogens is 4. The summed E-state index contributed by atoms with van der Waals surface area (Å²) in [6.07, 6.45) is -4.79. The monoisotopic (exact) mass is 320 g/mol. The lowest BCUT2D eigenvalue weighted by Crippen LogP contribution is -2.50. The number of alkyl halides is 3. The van der Waals surface area contributed by atoms with Crippen LogP contribution in [0.25, 0.3) is 0 Å². The lowest BCUT2D eigenvalue weighted by Gasteiger charge is -2.20. The molecule has 0 radical (unpaired) electrons. The summed E-state index contributed by atoms with van der Waals surface area (Å²) in [5.74, 6) is -1.85. The average molecular weight is 320 g/mol. The number of carbonyl (C=O) groups excluding carboxylic acids is 1. The van der Waals surface area contributed by atoms with Gasteiger partial charge in [-0.05, 0) is 32.9 Å². The van der Waals surface area contributed by atoms with Crippen LogP contribution in [0.15, 0.2) is 23.2 Å². The summed E-state index contributed by atoms with van der Waals surface area (Å²) in [6, 6.07) is 1.44. The van der Waals surface area contributed by atoms with Gasteiger partial charge in [0.2, 0.25) is 5.96 Å². The Morgan fingerprint density at radius 3 is 2.27 bits per heavy atom. The molecule has 2 amide bonds. The highest BCUT2D eigenvalue weighted by molar-refractivity contribution is 5.96. The maximum atomic E-state index is 13.4. The van der Waals surface area contributed by atoms with Crippen molar-refractivity contribution in [3.05, 3.63) is 29.6 Å². The van der Waals surface area contributed by atoms with E-state index in [1.54, 1.807) is 20.8 Å². The normalized spacial score (nSPS) is 13.0. The van der Waals surface area contributed by atoms with Crippen LogP contribution in [0.1, 0.15) is 26.3 Å². The molecule has 4 N–H and O–H groups in total. The Morgan fingerprint density at radius 2 is 1.82 bits per heavy atom. The summed E-state index contributed by atoms with van der Waals surface area (Å²) in [6.45, 7) is 5.22. The van der Waals surface area contributed by atoms with Crippen molar-refractivity contribution in [1.82, 2.24) is 10.6 Å². The van der Waals surface area contributed by atoms with Gasteiger partial charge < -0.3 is 11.1 Å². The Bertz CT molecular complexity index is 591. The molecule has 0 atom stereocenters. The third-order valence-electron chi connectivity index (χ3n) is 2.24. The first-order valence-corrected chi connectivity index (χ1v) is 6.18. The Kier molecular flexibility index (Phi) is 5.00. The fourth-order valence-electron chi connectivity index (χ4n) is 1.46. The van der Waals surface area contributed by atoms with E-state index in [1.165, 1.54) is 0 Å². The second kappa shape index (κ2) is 6.20. The average Bonchev–Trinajstić information content (AvgIpc) is 2.23. The van der Waals surface area contributed by atoms with Crippen molar-refractivity contribution >= 4 is 17.7 Å². The standard InChI is InChI=1S/C13H16F4N4O/c1-12(2,3)21-11(22)20-10(18)19-7-4-5-8(9(14)6-7)13(15,16)17/h4-6H,1-3H3,(H4,18,19,20,21,22). The number of aliphatic imine (C=N–C) groups is 1. The molecule has 1 aromatic carbocycles. The van der Waals surface area contributed by atoms with Crippen LogP contribution < -0.4 is 16.4 Å². The zero-order valence-electron chi connectivity index (χ0n) is 12.2. The largest absolute Gasteiger partial charge is 0.419 e. The fourth-order valence-corrected chi connectivity index (χ4v) is 1.46. The minimum absolute atomic E-state index is 0.154. The molecule has 5 nitrogen and oxygen atoms in total. The van der Waals surface area contributed by atoms with Crippen LogP contribution in [0.2, 0.25) is 0 Å². The minimum atomic E-state index is -4.79. The predicted molar refractivity (Wildman–Crippen MR) is 74.1 cm³/mol. The molecule has 0 aromatic heterocycles. The quantitative estimate of drug-likeness (QED) is 0.422. The van der Waals surface area contributed by atoms with E-state index in [2.05, 4.69) is 15.6 Å². The van der Waals surface area contributed by atoms with Gasteiger partial charge in [-0.3, -0.25) is 5.32 Å². The number of benzene rings is 1. The topological polar surface area (TPSA) is 79.5 Å². The third kappa shape index (κ3) is 5.58. The molecule has 0 aliphatic carbocycles. The van der Waals surface area contributed by atoms with Gasteiger partial charge in [0.15, 0.2) is 0 Å². The van der Waals surface area contributed by atoms with Crippen molar-refractivity contribution in [3.8, 4) is 0 Å². The molecule has 1 aromatic rings. The SMILES string of the molecule is CC(C)(C)NC(=O)NC(N)=Nc1ccc(C(F)(F)F)c(F)c1. The number of hydrogen-bond donors (Lipinski definition) is 3. The second-order valence-corrected chi connectivity index (χ2v) is 5.49. The van der Waals surface area contributed by atoms with E-state index in [4.69, 9.17) is 5.73 Å². The number of nitrogens with one attached hydrogen (secondary N) is 2. The molecule has 0 heterocycles. The van der Waals surface area contributed by atoms with Gasteiger partial charge in [-0.15, -0.1) is 0 Å². The van der Waals surface area contributed by atoms with Crippen LogP contribution in [0.5, 0.6) is 0 Å². The van der Waals surface area contributed by atoms with E-state index in [-0.39, 0.29) is 11.6 Å². The predicted octanol–water partition coefficient (Wildman–Crippen LogP) is 2.89. The summed E-state index contributed by atoms with van der Waals surface area (Å²) in [7, 11) is 0. The molecule has 0 bridgehead atoms. The molecular weight excluding hydrogens is 304 g/mol. The Labute approximate surface area is 124 Å². The number of rotatable bonds is 1. The molecule has 122 valence electrons. The summed E-state index contributed by atoms with van der Waals surface area (Å²) in [5.41, 5.74) is 3.37. The van der Waals surface area contributed by atoms with Gasteiger partial charge in [-0.1, -0.05) is 0 Å². The van der Waals surface area contributed by atoms with Crippen LogP contribution in [0.4, 0.5) is 28.0 Å². The van der Waals surface area contributed by atoms with Crippen LogP contribution in [-0.2, 0) is 6.18 Å². The van der Waals surface area contributed by atoms with Gasteiger partial charge in [0.1, 0.15) is 5.82 Å². The first-order valence-electron chi connectivity index (χ1n) is 6.18. The Hall–Kier alpha value is -2.32. The number of amides is 2. The van der Waals surface area contributed by atoms with Gasteiger partial charge in [0, 0.05) is 11.6 Å². The highest BCUT2D eigenvalue weighted by atomic mass is 19.4. The van der Waals surface area contributed by atoms with E-state index in [0.717, 1.165) is 6.07 Å². The van der Waals surface area contributed by atoms with Crippen LogP contribution in [0, 0.1) is 5.82 Å².